The number of para-hydroxylation sites is 1. The van der Waals surface area contributed by atoms with E-state index < -0.39 is 0 Å². The summed E-state index contributed by atoms with van der Waals surface area (Å²) in [6, 6.07) is 66.6. The third-order valence-corrected chi connectivity index (χ3v) is 13.0. The highest BCUT2D eigenvalue weighted by Gasteiger charge is 2.26. The molecule has 2 nitrogen and oxygen atoms in total. The number of rotatable bonds is 7. The molecule has 0 saturated carbocycles. The minimum atomic E-state index is 0.00243. The molecule has 0 radical (unpaired) electrons. The summed E-state index contributed by atoms with van der Waals surface area (Å²) in [4.78, 5) is 4.65. The molecule has 0 spiro atoms. The van der Waals surface area contributed by atoms with Crippen molar-refractivity contribution in [3.63, 3.8) is 0 Å². The summed E-state index contributed by atoms with van der Waals surface area (Å²) in [6.07, 6.45) is 0. The smallest absolute Gasteiger partial charge is 0.0887 e. The second-order valence-corrected chi connectivity index (χ2v) is 20.4. The monoisotopic (exact) mass is 840 g/mol. The molecule has 0 saturated heterocycles. The maximum absolute atomic E-state index is 7.92. The van der Waals surface area contributed by atoms with Gasteiger partial charge in [0.05, 0.1) is 22.1 Å². The van der Waals surface area contributed by atoms with Gasteiger partial charge < -0.3 is 9.80 Å². The lowest BCUT2D eigenvalue weighted by atomic mass is 9.86. The number of hydrogen-bond acceptors (Lipinski definition) is 2. The van der Waals surface area contributed by atoms with Crippen LogP contribution in [0.5, 0.6) is 0 Å². The van der Waals surface area contributed by atoms with E-state index in [0.29, 0.717) is 5.02 Å². The molecule has 0 aliphatic rings. The van der Waals surface area contributed by atoms with Gasteiger partial charge in [-0.25, -0.2) is 0 Å². The van der Waals surface area contributed by atoms with Crippen LogP contribution in [0.2, 0.25) is 5.02 Å². The minimum absolute atomic E-state index is 0.00243. The summed E-state index contributed by atoms with van der Waals surface area (Å²) in [6.45, 7) is 20.3. The molecule has 3 heteroatoms. The molecule has 0 unspecified atom stereocenters. The number of hydrogen-bond donors (Lipinski definition) is 0. The van der Waals surface area contributed by atoms with E-state index in [1.165, 1.54) is 49.0 Å². The fraction of sp³-hybridized carbons (Fsp3) is 0.200. The number of benzene rings is 9. The summed E-state index contributed by atoms with van der Waals surface area (Å²) >= 11 is 7.92. The van der Waals surface area contributed by atoms with Crippen molar-refractivity contribution < 1.29 is 0 Å². The first kappa shape index (κ1) is 42.0. The molecule has 63 heavy (non-hydrogen) atoms. The van der Waals surface area contributed by atoms with Gasteiger partial charge in [0, 0.05) is 22.6 Å². The standard InChI is InChI=1S/C60H57ClN2/c1-58(2,3)41-26-32-44(33-27-41)62(45-34-28-42(29-35-45)59(4,5)6)55-23-16-24-56(57(55)61)63(46-36-30-43(31-37-46)60(7,8)9)54-22-15-14-17-47(54)40-25-38-52-50-20-11-10-18-48(50)49-19-12-13-21-51(49)53(52)39-40/h10-39H,1-9H3. The Morgan fingerprint density at radius 1 is 0.317 bits per heavy atom. The highest BCUT2D eigenvalue weighted by atomic mass is 35.5. The zero-order valence-electron chi connectivity index (χ0n) is 38.1. The lowest BCUT2D eigenvalue weighted by Gasteiger charge is -2.33. The first-order valence-corrected chi connectivity index (χ1v) is 22.6. The van der Waals surface area contributed by atoms with Crippen LogP contribution in [-0.4, -0.2) is 0 Å². The number of fused-ring (bicyclic) bond motifs is 6. The third kappa shape index (κ3) is 7.98. The van der Waals surface area contributed by atoms with Crippen molar-refractivity contribution in [3.8, 4) is 11.1 Å². The van der Waals surface area contributed by atoms with Gasteiger partial charge in [-0.05, 0) is 131 Å². The van der Waals surface area contributed by atoms with Gasteiger partial charge in [-0.3, -0.25) is 0 Å². The second-order valence-electron chi connectivity index (χ2n) is 20.0. The maximum Gasteiger partial charge on any atom is 0.0887 e. The molecule has 9 rings (SSSR count). The van der Waals surface area contributed by atoms with E-state index in [1.54, 1.807) is 0 Å². The van der Waals surface area contributed by atoms with Crippen LogP contribution in [-0.2, 0) is 16.2 Å². The van der Waals surface area contributed by atoms with Crippen molar-refractivity contribution in [1.82, 2.24) is 0 Å². The lowest BCUT2D eigenvalue weighted by Crippen LogP contribution is -2.16. The third-order valence-electron chi connectivity index (χ3n) is 12.6. The van der Waals surface area contributed by atoms with E-state index >= 15 is 0 Å². The largest absolute Gasteiger partial charge is 0.309 e. The predicted octanol–water partition coefficient (Wildman–Crippen LogP) is 18.3. The van der Waals surface area contributed by atoms with Gasteiger partial charge in [0.15, 0.2) is 0 Å². The highest BCUT2D eigenvalue weighted by Crippen LogP contribution is 2.49. The van der Waals surface area contributed by atoms with E-state index in [9.17, 15) is 0 Å². The van der Waals surface area contributed by atoms with E-state index in [0.717, 1.165) is 45.3 Å². The van der Waals surface area contributed by atoms with E-state index in [-0.39, 0.29) is 16.2 Å². The summed E-state index contributed by atoms with van der Waals surface area (Å²) < 4.78 is 0. The maximum atomic E-state index is 7.92. The number of anilines is 6. The molecule has 0 aliphatic carbocycles. The van der Waals surface area contributed by atoms with E-state index in [4.69, 9.17) is 11.6 Å². The summed E-state index contributed by atoms with van der Waals surface area (Å²) in [5.74, 6) is 0. The van der Waals surface area contributed by atoms with Crippen molar-refractivity contribution in [1.29, 1.82) is 0 Å². The van der Waals surface area contributed by atoms with Gasteiger partial charge in [0.2, 0.25) is 0 Å². The van der Waals surface area contributed by atoms with Crippen molar-refractivity contribution in [2.24, 2.45) is 0 Å². The molecule has 9 aromatic carbocycles. The Bertz CT molecular complexity index is 3010. The number of halogens is 1. The van der Waals surface area contributed by atoms with Crippen LogP contribution in [0.1, 0.15) is 79.0 Å². The summed E-state index contributed by atoms with van der Waals surface area (Å²) in [7, 11) is 0. The van der Waals surface area contributed by atoms with Gasteiger partial charge in [-0.15, -0.1) is 0 Å². The van der Waals surface area contributed by atoms with E-state index in [1.807, 2.05) is 0 Å². The van der Waals surface area contributed by atoms with Crippen molar-refractivity contribution in [3.05, 3.63) is 204 Å². The van der Waals surface area contributed by atoms with Crippen LogP contribution >= 0.6 is 11.6 Å². The Morgan fingerprint density at radius 2 is 0.667 bits per heavy atom. The van der Waals surface area contributed by atoms with Gasteiger partial charge >= 0.3 is 0 Å². The molecular formula is C60H57ClN2. The van der Waals surface area contributed by atoms with Gasteiger partial charge in [-0.2, -0.15) is 0 Å². The molecule has 0 heterocycles. The Balaban J connectivity index is 1.26. The summed E-state index contributed by atoms with van der Waals surface area (Å²) in [5, 5.41) is 8.20. The molecule has 0 bridgehead atoms. The Morgan fingerprint density at radius 3 is 1.11 bits per heavy atom. The lowest BCUT2D eigenvalue weighted by molar-refractivity contribution is 0.590. The molecule has 0 fully saturated rings. The average molecular weight is 842 g/mol. The van der Waals surface area contributed by atoms with Crippen LogP contribution in [0.25, 0.3) is 43.4 Å². The molecule has 0 amide bonds. The topological polar surface area (TPSA) is 6.48 Å². The molecular weight excluding hydrogens is 784 g/mol. The Hall–Kier alpha value is -6.35. The van der Waals surface area contributed by atoms with Crippen LogP contribution in [0.3, 0.4) is 0 Å². The van der Waals surface area contributed by atoms with Crippen LogP contribution in [0.15, 0.2) is 182 Å². The molecule has 314 valence electrons. The minimum Gasteiger partial charge on any atom is -0.309 e. The predicted molar refractivity (Wildman–Crippen MR) is 275 cm³/mol. The normalized spacial score (nSPS) is 12.3. The first-order valence-electron chi connectivity index (χ1n) is 22.2. The van der Waals surface area contributed by atoms with Crippen molar-refractivity contribution in [2.45, 2.75) is 78.6 Å². The van der Waals surface area contributed by atoms with Gasteiger partial charge in [0.1, 0.15) is 0 Å². The molecule has 0 aromatic heterocycles. The zero-order chi connectivity index (χ0) is 44.3. The molecule has 0 aliphatic heterocycles. The van der Waals surface area contributed by atoms with Crippen LogP contribution < -0.4 is 9.80 Å². The first-order chi connectivity index (χ1) is 30.1. The van der Waals surface area contributed by atoms with Gasteiger partial charge in [0.25, 0.3) is 0 Å². The fourth-order valence-corrected chi connectivity index (χ4v) is 9.30. The Kier molecular flexibility index (Phi) is 10.7. The zero-order valence-corrected chi connectivity index (χ0v) is 38.8. The molecule has 0 atom stereocenters. The fourth-order valence-electron chi connectivity index (χ4n) is 9.01. The van der Waals surface area contributed by atoms with Crippen LogP contribution in [0.4, 0.5) is 34.1 Å². The SMILES string of the molecule is CC(C)(C)c1ccc(N(c2ccc(C(C)(C)C)cc2)c2cccc(N(c3ccc(C(C)(C)C)cc3)c3ccccc3-c3ccc4c5ccccc5c5ccccc5c4c3)c2Cl)cc1. The van der Waals surface area contributed by atoms with Crippen molar-refractivity contribution >= 4 is 78.0 Å². The number of nitrogens with zero attached hydrogens (tertiary/aromatic N) is 2. The summed E-state index contributed by atoms with van der Waals surface area (Å²) in [5.41, 5.74) is 12.1. The Labute approximate surface area is 379 Å². The van der Waals surface area contributed by atoms with Crippen molar-refractivity contribution in [2.75, 3.05) is 9.80 Å². The second kappa shape index (κ2) is 16.1. The molecule has 9 aromatic rings. The highest BCUT2D eigenvalue weighted by molar-refractivity contribution is 6.37. The molecule has 0 N–H and O–H groups in total. The van der Waals surface area contributed by atoms with E-state index in [2.05, 4.69) is 254 Å². The van der Waals surface area contributed by atoms with Gasteiger partial charge in [-0.1, -0.05) is 195 Å². The van der Waals surface area contributed by atoms with Crippen LogP contribution in [0, 0.1) is 0 Å². The average Bonchev–Trinajstić information content (AvgIpc) is 3.27. The quantitative estimate of drug-likeness (QED) is 0.148.